The Hall–Kier alpha value is -1.65. The van der Waals surface area contributed by atoms with Crippen molar-refractivity contribution in [2.75, 3.05) is 25.1 Å². The summed E-state index contributed by atoms with van der Waals surface area (Å²) in [4.78, 5) is 17.2. The molecule has 2 heterocycles. The largest absolute Gasteiger partial charge is 0.469 e. The van der Waals surface area contributed by atoms with Crippen LogP contribution in [0.2, 0.25) is 0 Å². The lowest BCUT2D eigenvalue weighted by molar-refractivity contribution is -0.139. The van der Waals surface area contributed by atoms with Gasteiger partial charge in [0.25, 0.3) is 0 Å². The Labute approximate surface area is 93.0 Å². The fraction of sp³-hybridized carbons (Fsp3) is 0.455. The number of hydrogen-bond donors (Lipinski definition) is 0. The lowest BCUT2D eigenvalue weighted by atomic mass is 10.2. The van der Waals surface area contributed by atoms with Gasteiger partial charge in [0.15, 0.2) is 0 Å². The summed E-state index contributed by atoms with van der Waals surface area (Å²) in [7, 11) is 1.34. The average molecular weight is 224 g/mol. The van der Waals surface area contributed by atoms with E-state index in [2.05, 4.69) is 9.72 Å². The number of nitrogens with zero attached hydrogens (tertiary/aromatic N) is 2. The van der Waals surface area contributed by atoms with Gasteiger partial charge in [0.2, 0.25) is 0 Å². The Morgan fingerprint density at radius 3 is 3.00 bits per heavy atom. The van der Waals surface area contributed by atoms with Crippen molar-refractivity contribution in [1.29, 1.82) is 0 Å². The number of ether oxygens (including phenoxy) is 1. The van der Waals surface area contributed by atoms with Gasteiger partial charge >= 0.3 is 5.97 Å². The van der Waals surface area contributed by atoms with E-state index < -0.39 is 6.17 Å². The van der Waals surface area contributed by atoms with Crippen LogP contribution in [0.4, 0.5) is 10.2 Å². The molecule has 0 radical (unpaired) electrons. The van der Waals surface area contributed by atoms with Gasteiger partial charge in [0.1, 0.15) is 12.0 Å². The molecule has 1 aliphatic rings. The van der Waals surface area contributed by atoms with Crippen LogP contribution in [0.5, 0.6) is 0 Å². The molecule has 1 aromatic heterocycles. The Kier molecular flexibility index (Phi) is 3.03. The SMILES string of the molecule is COC(=O)Cc1cccc(N2CC(F)C2)n1. The van der Waals surface area contributed by atoms with E-state index in [0.29, 0.717) is 18.8 Å². The van der Waals surface area contributed by atoms with Crippen molar-refractivity contribution in [2.24, 2.45) is 0 Å². The Morgan fingerprint density at radius 1 is 1.62 bits per heavy atom. The van der Waals surface area contributed by atoms with Gasteiger partial charge in [-0.05, 0) is 12.1 Å². The Balaban J connectivity index is 2.05. The minimum Gasteiger partial charge on any atom is -0.469 e. The second-order valence-corrected chi connectivity index (χ2v) is 3.74. The van der Waals surface area contributed by atoms with E-state index in [1.54, 1.807) is 6.07 Å². The highest BCUT2D eigenvalue weighted by Crippen LogP contribution is 2.20. The van der Waals surface area contributed by atoms with Crippen LogP contribution in [0, 0.1) is 0 Å². The molecule has 4 nitrogen and oxygen atoms in total. The van der Waals surface area contributed by atoms with Gasteiger partial charge in [-0.1, -0.05) is 6.07 Å². The number of hydrogen-bond acceptors (Lipinski definition) is 4. The number of esters is 1. The smallest absolute Gasteiger partial charge is 0.311 e. The van der Waals surface area contributed by atoms with E-state index >= 15 is 0 Å². The first-order chi connectivity index (χ1) is 7.69. The number of alkyl halides is 1. The maximum Gasteiger partial charge on any atom is 0.311 e. The molecule has 0 N–H and O–H groups in total. The number of carbonyl (C=O) groups is 1. The molecular weight excluding hydrogens is 211 g/mol. The van der Waals surface area contributed by atoms with E-state index in [4.69, 9.17) is 0 Å². The standard InChI is InChI=1S/C11H13FN2O2/c1-16-11(15)5-9-3-2-4-10(13-9)14-6-8(12)7-14/h2-4,8H,5-7H2,1H3. The van der Waals surface area contributed by atoms with Crippen molar-refractivity contribution < 1.29 is 13.9 Å². The normalized spacial score (nSPS) is 15.8. The molecule has 1 aliphatic heterocycles. The molecule has 1 saturated heterocycles. The molecule has 86 valence electrons. The van der Waals surface area contributed by atoms with Crippen LogP contribution < -0.4 is 4.90 Å². The highest BCUT2D eigenvalue weighted by molar-refractivity contribution is 5.71. The van der Waals surface area contributed by atoms with Crippen molar-refractivity contribution >= 4 is 11.8 Å². The van der Waals surface area contributed by atoms with Crippen LogP contribution in [0.15, 0.2) is 18.2 Å². The first-order valence-corrected chi connectivity index (χ1v) is 5.11. The summed E-state index contributed by atoms with van der Waals surface area (Å²) < 4.78 is 17.2. The van der Waals surface area contributed by atoms with Crippen molar-refractivity contribution in [3.63, 3.8) is 0 Å². The number of methoxy groups -OCH3 is 1. The lowest BCUT2D eigenvalue weighted by Gasteiger charge is -2.35. The summed E-state index contributed by atoms with van der Waals surface area (Å²) in [6.45, 7) is 0.767. The van der Waals surface area contributed by atoms with Gasteiger partial charge in [-0.25, -0.2) is 9.37 Å². The van der Waals surface area contributed by atoms with Crippen LogP contribution in [0.25, 0.3) is 0 Å². The van der Waals surface area contributed by atoms with Gasteiger partial charge in [0, 0.05) is 0 Å². The monoisotopic (exact) mass is 224 g/mol. The van der Waals surface area contributed by atoms with E-state index in [1.807, 2.05) is 17.0 Å². The molecule has 2 rings (SSSR count). The second-order valence-electron chi connectivity index (χ2n) is 3.74. The summed E-state index contributed by atoms with van der Waals surface area (Å²) in [5.74, 6) is 0.395. The lowest BCUT2D eigenvalue weighted by Crippen LogP contribution is -2.48. The maximum absolute atomic E-state index is 12.7. The summed E-state index contributed by atoms with van der Waals surface area (Å²) in [6, 6.07) is 5.38. The maximum atomic E-state index is 12.7. The zero-order valence-corrected chi connectivity index (χ0v) is 9.02. The molecule has 0 amide bonds. The van der Waals surface area contributed by atoms with Gasteiger partial charge < -0.3 is 9.64 Å². The minimum atomic E-state index is -0.758. The van der Waals surface area contributed by atoms with Crippen molar-refractivity contribution in [3.05, 3.63) is 23.9 Å². The third-order valence-corrected chi connectivity index (χ3v) is 2.51. The minimum absolute atomic E-state index is 0.150. The van der Waals surface area contributed by atoms with Crippen LogP contribution in [0.1, 0.15) is 5.69 Å². The van der Waals surface area contributed by atoms with E-state index in [0.717, 1.165) is 5.82 Å². The van der Waals surface area contributed by atoms with Gasteiger partial charge in [-0.3, -0.25) is 4.79 Å². The number of halogens is 1. The van der Waals surface area contributed by atoms with Crippen molar-refractivity contribution in [1.82, 2.24) is 4.98 Å². The second kappa shape index (κ2) is 4.47. The fourth-order valence-electron chi connectivity index (χ4n) is 1.57. The first kappa shape index (κ1) is 10.9. The summed E-state index contributed by atoms with van der Waals surface area (Å²) in [5.41, 5.74) is 0.645. The van der Waals surface area contributed by atoms with Crippen molar-refractivity contribution in [2.45, 2.75) is 12.6 Å². The summed E-state index contributed by atoms with van der Waals surface area (Å²) >= 11 is 0. The summed E-state index contributed by atoms with van der Waals surface area (Å²) in [5, 5.41) is 0. The molecule has 0 aliphatic carbocycles. The van der Waals surface area contributed by atoms with Gasteiger partial charge in [-0.2, -0.15) is 0 Å². The molecule has 0 aromatic carbocycles. The topological polar surface area (TPSA) is 42.4 Å². The predicted octanol–water partition coefficient (Wildman–Crippen LogP) is 0.955. The number of anilines is 1. The van der Waals surface area contributed by atoms with Crippen molar-refractivity contribution in [3.8, 4) is 0 Å². The van der Waals surface area contributed by atoms with E-state index in [1.165, 1.54) is 7.11 Å². The number of aromatic nitrogens is 1. The van der Waals surface area contributed by atoms with Crippen LogP contribution in [-0.2, 0) is 16.0 Å². The molecule has 0 bridgehead atoms. The quantitative estimate of drug-likeness (QED) is 0.717. The van der Waals surface area contributed by atoms with Crippen LogP contribution >= 0.6 is 0 Å². The number of rotatable bonds is 3. The molecule has 1 fully saturated rings. The molecule has 16 heavy (non-hydrogen) atoms. The van der Waals surface area contributed by atoms with E-state index in [-0.39, 0.29) is 12.4 Å². The number of pyridine rings is 1. The predicted molar refractivity (Wildman–Crippen MR) is 57.1 cm³/mol. The fourth-order valence-corrected chi connectivity index (χ4v) is 1.57. The zero-order valence-electron chi connectivity index (χ0n) is 9.02. The molecule has 1 aromatic rings. The summed E-state index contributed by atoms with van der Waals surface area (Å²) in [6.07, 6.45) is -0.608. The highest BCUT2D eigenvalue weighted by Gasteiger charge is 2.27. The van der Waals surface area contributed by atoms with Crippen LogP contribution in [-0.4, -0.2) is 37.3 Å². The molecule has 0 saturated carbocycles. The highest BCUT2D eigenvalue weighted by atomic mass is 19.1. The molecule has 0 spiro atoms. The van der Waals surface area contributed by atoms with Gasteiger partial charge in [-0.15, -0.1) is 0 Å². The number of carbonyl (C=O) groups excluding carboxylic acids is 1. The molecule has 5 heteroatoms. The van der Waals surface area contributed by atoms with Gasteiger partial charge in [0.05, 0.1) is 32.3 Å². The molecule has 0 atom stereocenters. The Morgan fingerprint density at radius 2 is 2.38 bits per heavy atom. The van der Waals surface area contributed by atoms with E-state index in [9.17, 15) is 9.18 Å². The third-order valence-electron chi connectivity index (χ3n) is 2.51. The molecular formula is C11H13FN2O2. The Bertz CT molecular complexity index is 391. The third kappa shape index (κ3) is 2.29. The average Bonchev–Trinajstić information content (AvgIpc) is 2.25. The van der Waals surface area contributed by atoms with Crippen LogP contribution in [0.3, 0.4) is 0 Å². The zero-order chi connectivity index (χ0) is 11.5. The first-order valence-electron chi connectivity index (χ1n) is 5.11. The molecule has 0 unspecified atom stereocenters.